The van der Waals surface area contributed by atoms with Gasteiger partial charge in [-0.15, -0.1) is 0 Å². The Labute approximate surface area is 201 Å². The van der Waals surface area contributed by atoms with Gasteiger partial charge in [0.15, 0.2) is 0 Å². The van der Waals surface area contributed by atoms with Gasteiger partial charge in [-0.25, -0.2) is 8.91 Å². The molecule has 8 nitrogen and oxygen atoms in total. The molecule has 9 heteroatoms. The first kappa shape index (κ1) is 21.1. The van der Waals surface area contributed by atoms with Crippen molar-refractivity contribution in [2.75, 3.05) is 31.1 Å². The van der Waals surface area contributed by atoms with E-state index in [-0.39, 0.29) is 17.1 Å². The fourth-order valence-electron chi connectivity index (χ4n) is 5.25. The third kappa shape index (κ3) is 3.29. The van der Waals surface area contributed by atoms with E-state index in [9.17, 15) is 10.1 Å². The van der Waals surface area contributed by atoms with Crippen molar-refractivity contribution < 1.29 is 9.18 Å². The molecule has 35 heavy (non-hydrogen) atoms. The zero-order valence-electron chi connectivity index (χ0n) is 19.1. The highest BCUT2D eigenvalue weighted by atomic mass is 19.1. The minimum absolute atomic E-state index is 0.0408. The van der Waals surface area contributed by atoms with Crippen LogP contribution in [-0.4, -0.2) is 56.4 Å². The molecule has 3 aromatic heterocycles. The number of carbonyl (C=O) groups is 1. The normalized spacial score (nSPS) is 16.1. The molecule has 5 heterocycles. The number of aryl methyl sites for hydroxylation is 1. The number of likely N-dealkylation sites (tertiary alicyclic amines) is 1. The molecule has 0 atom stereocenters. The highest BCUT2D eigenvalue weighted by Gasteiger charge is 2.52. The number of rotatable bonds is 4. The van der Waals surface area contributed by atoms with E-state index in [0.717, 1.165) is 29.9 Å². The van der Waals surface area contributed by atoms with Crippen LogP contribution in [0.3, 0.4) is 0 Å². The minimum Gasteiger partial charge on any atom is -0.370 e. The fourth-order valence-corrected chi connectivity index (χ4v) is 5.25. The van der Waals surface area contributed by atoms with Crippen LogP contribution in [0.1, 0.15) is 5.56 Å². The molecule has 0 saturated carbocycles. The molecule has 6 rings (SSSR count). The number of nitrogens with zero attached hydrogens (tertiary/aromatic N) is 7. The van der Waals surface area contributed by atoms with Crippen LogP contribution < -0.4 is 4.90 Å². The number of amides is 1. The van der Waals surface area contributed by atoms with Crippen LogP contribution in [0.15, 0.2) is 61.7 Å². The zero-order chi connectivity index (χ0) is 24.3. The second-order valence-electron chi connectivity index (χ2n) is 9.43. The van der Waals surface area contributed by atoms with Gasteiger partial charge in [0.05, 0.1) is 23.5 Å². The molecule has 1 aromatic carbocycles. The second kappa shape index (κ2) is 7.53. The lowest BCUT2D eigenvalue weighted by Crippen LogP contribution is -2.73. The molecule has 0 aliphatic carbocycles. The smallest absolute Gasteiger partial charge is 0.245 e. The molecule has 2 aliphatic rings. The van der Waals surface area contributed by atoms with Crippen molar-refractivity contribution in [3.05, 3.63) is 73.1 Å². The van der Waals surface area contributed by atoms with Crippen molar-refractivity contribution >= 4 is 17.1 Å². The summed E-state index contributed by atoms with van der Waals surface area (Å²) in [5.41, 5.74) is 4.55. The number of benzene rings is 1. The van der Waals surface area contributed by atoms with Crippen molar-refractivity contribution in [2.24, 2.45) is 12.5 Å². The molecule has 174 valence electrons. The summed E-state index contributed by atoms with van der Waals surface area (Å²) in [5, 5.41) is 18.2. The van der Waals surface area contributed by atoms with Crippen molar-refractivity contribution in [1.82, 2.24) is 24.3 Å². The summed E-state index contributed by atoms with van der Waals surface area (Å²) in [7, 11) is 1.83. The maximum atomic E-state index is 15.5. The molecule has 4 aromatic rings. The SMILES string of the molecule is C=CC(=O)N1CC2(C1)CN(c1ccc(-c3cc(-c4cnn(C)c4)cn4ncc(C#N)c34)c(F)c1)C2. The second-order valence-corrected chi connectivity index (χ2v) is 9.43. The Morgan fingerprint density at radius 1 is 1.11 bits per heavy atom. The van der Waals surface area contributed by atoms with E-state index >= 15 is 4.39 Å². The maximum absolute atomic E-state index is 15.5. The molecular weight excluding hydrogens is 445 g/mol. The molecular formula is C26H22FN7O. The zero-order valence-corrected chi connectivity index (χ0v) is 19.1. The van der Waals surface area contributed by atoms with Gasteiger partial charge in [0.2, 0.25) is 5.91 Å². The number of pyridine rings is 1. The van der Waals surface area contributed by atoms with Crippen LogP contribution in [0.25, 0.3) is 27.8 Å². The topological polar surface area (TPSA) is 82.5 Å². The monoisotopic (exact) mass is 467 g/mol. The lowest BCUT2D eigenvalue weighted by molar-refractivity contribution is -0.139. The Balaban J connectivity index is 1.33. The predicted octanol–water partition coefficient (Wildman–Crippen LogP) is 3.25. The molecule has 1 amide bonds. The third-order valence-electron chi connectivity index (χ3n) is 6.97. The average Bonchev–Trinajstić information content (AvgIpc) is 3.42. The standard InChI is InChI=1S/C26H22FN7O/c1-3-24(35)33-15-26(16-33)13-32(14-26)20-4-5-21(23(27)7-20)22-6-17(19-10-29-31(2)11-19)12-34-25(22)18(8-28)9-30-34/h3-7,9-12H,1,13-16H2,2H3. The lowest BCUT2D eigenvalue weighted by Gasteiger charge is -2.60. The quantitative estimate of drug-likeness (QED) is 0.431. The Morgan fingerprint density at radius 2 is 1.91 bits per heavy atom. The number of aromatic nitrogens is 4. The first-order valence-corrected chi connectivity index (χ1v) is 11.3. The van der Waals surface area contributed by atoms with Gasteiger partial charge in [0.25, 0.3) is 0 Å². The molecule has 0 N–H and O–H groups in total. The van der Waals surface area contributed by atoms with Gasteiger partial charge < -0.3 is 9.80 Å². The number of hydrogen-bond acceptors (Lipinski definition) is 5. The van der Waals surface area contributed by atoms with E-state index in [1.807, 2.05) is 31.6 Å². The van der Waals surface area contributed by atoms with Crippen LogP contribution >= 0.6 is 0 Å². The molecule has 0 unspecified atom stereocenters. The molecule has 2 saturated heterocycles. The molecule has 2 fully saturated rings. The van der Waals surface area contributed by atoms with Crippen molar-refractivity contribution in [1.29, 1.82) is 5.26 Å². The van der Waals surface area contributed by atoms with Crippen LogP contribution in [0.4, 0.5) is 10.1 Å². The van der Waals surface area contributed by atoms with Gasteiger partial charge in [-0.2, -0.15) is 15.5 Å². The number of carbonyl (C=O) groups excluding carboxylic acids is 1. The number of halogens is 1. The first-order chi connectivity index (χ1) is 16.9. The van der Waals surface area contributed by atoms with Gasteiger partial charge in [-0.1, -0.05) is 6.58 Å². The van der Waals surface area contributed by atoms with Gasteiger partial charge in [0, 0.05) is 79.0 Å². The van der Waals surface area contributed by atoms with Crippen LogP contribution in [-0.2, 0) is 11.8 Å². The van der Waals surface area contributed by atoms with Crippen molar-refractivity contribution in [2.45, 2.75) is 0 Å². The third-order valence-corrected chi connectivity index (χ3v) is 6.97. The summed E-state index contributed by atoms with van der Waals surface area (Å²) in [4.78, 5) is 15.7. The Bertz CT molecular complexity index is 1550. The van der Waals surface area contributed by atoms with Crippen LogP contribution in [0.2, 0.25) is 0 Å². The number of fused-ring (bicyclic) bond motifs is 1. The molecule has 0 bridgehead atoms. The van der Waals surface area contributed by atoms with Crippen LogP contribution in [0, 0.1) is 22.6 Å². The van der Waals surface area contributed by atoms with Crippen molar-refractivity contribution in [3.63, 3.8) is 0 Å². The summed E-state index contributed by atoms with van der Waals surface area (Å²) in [6.45, 7) is 6.54. The molecule has 1 spiro atoms. The maximum Gasteiger partial charge on any atom is 0.245 e. The summed E-state index contributed by atoms with van der Waals surface area (Å²) < 4.78 is 18.9. The predicted molar refractivity (Wildman–Crippen MR) is 129 cm³/mol. The largest absolute Gasteiger partial charge is 0.370 e. The van der Waals surface area contributed by atoms with E-state index in [2.05, 4.69) is 27.7 Å². The van der Waals surface area contributed by atoms with E-state index in [1.165, 1.54) is 12.3 Å². The molecule has 0 radical (unpaired) electrons. The highest BCUT2D eigenvalue weighted by Crippen LogP contribution is 2.43. The summed E-state index contributed by atoms with van der Waals surface area (Å²) in [5.74, 6) is -0.406. The number of nitriles is 1. The van der Waals surface area contributed by atoms with E-state index in [4.69, 9.17) is 0 Å². The Kier molecular flexibility index (Phi) is 4.54. The molecule has 2 aliphatic heterocycles. The van der Waals surface area contributed by atoms with E-state index < -0.39 is 0 Å². The Morgan fingerprint density at radius 3 is 2.57 bits per heavy atom. The fraction of sp³-hybridized carbons (Fsp3) is 0.231. The van der Waals surface area contributed by atoms with Gasteiger partial charge >= 0.3 is 0 Å². The summed E-state index contributed by atoms with van der Waals surface area (Å²) in [6.07, 6.45) is 8.28. The minimum atomic E-state index is -0.365. The Hall–Kier alpha value is -4.45. The lowest BCUT2D eigenvalue weighted by atomic mass is 9.72. The summed E-state index contributed by atoms with van der Waals surface area (Å²) >= 11 is 0. The van der Waals surface area contributed by atoms with Gasteiger partial charge in [-0.3, -0.25) is 9.48 Å². The average molecular weight is 468 g/mol. The van der Waals surface area contributed by atoms with Gasteiger partial charge in [0.1, 0.15) is 11.9 Å². The summed E-state index contributed by atoms with van der Waals surface area (Å²) in [6, 6.07) is 9.26. The van der Waals surface area contributed by atoms with E-state index in [0.29, 0.717) is 35.3 Å². The number of anilines is 1. The number of hydrogen-bond donors (Lipinski definition) is 0. The van der Waals surface area contributed by atoms with Crippen molar-refractivity contribution in [3.8, 4) is 28.3 Å². The first-order valence-electron chi connectivity index (χ1n) is 11.3. The van der Waals surface area contributed by atoms with E-state index in [1.54, 1.807) is 32.4 Å². The van der Waals surface area contributed by atoms with Gasteiger partial charge in [-0.05, 0) is 30.3 Å². The highest BCUT2D eigenvalue weighted by molar-refractivity contribution is 5.89. The van der Waals surface area contributed by atoms with Crippen LogP contribution in [0.5, 0.6) is 0 Å².